The van der Waals surface area contributed by atoms with Crippen molar-refractivity contribution >= 4 is 11.3 Å². The summed E-state index contributed by atoms with van der Waals surface area (Å²) in [4.78, 5) is 1.50. The molecule has 0 radical (unpaired) electrons. The van der Waals surface area contributed by atoms with Crippen LogP contribution in [0.15, 0.2) is 11.4 Å². The Morgan fingerprint density at radius 1 is 1.53 bits per heavy atom. The van der Waals surface area contributed by atoms with Gasteiger partial charge in [0.2, 0.25) is 0 Å². The summed E-state index contributed by atoms with van der Waals surface area (Å²) in [5.74, 6) is 0. The van der Waals surface area contributed by atoms with E-state index in [2.05, 4.69) is 37.5 Å². The Balaban J connectivity index is 1.91. The molecule has 1 atom stereocenters. The zero-order chi connectivity index (χ0) is 10.9. The summed E-state index contributed by atoms with van der Waals surface area (Å²) >= 11 is 1.87. The Bertz CT molecular complexity index is 327. The highest BCUT2D eigenvalue weighted by atomic mass is 32.1. The molecule has 84 valence electrons. The minimum atomic E-state index is 0.491. The average Bonchev–Trinajstić information content (AvgIpc) is 2.69. The molecule has 1 fully saturated rings. The van der Waals surface area contributed by atoms with Gasteiger partial charge in [0.1, 0.15) is 0 Å². The van der Waals surface area contributed by atoms with Crippen LogP contribution in [-0.2, 0) is 6.54 Å². The number of hydrogen-bond donors (Lipinski definition) is 1. The van der Waals surface area contributed by atoms with Gasteiger partial charge in [0.15, 0.2) is 0 Å². The second-order valence-electron chi connectivity index (χ2n) is 5.34. The van der Waals surface area contributed by atoms with Crippen molar-refractivity contribution < 1.29 is 0 Å². The molecule has 1 N–H and O–H groups in total. The second-order valence-corrected chi connectivity index (χ2v) is 6.34. The van der Waals surface area contributed by atoms with Crippen molar-refractivity contribution in [1.82, 2.24) is 5.32 Å². The van der Waals surface area contributed by atoms with E-state index in [-0.39, 0.29) is 0 Å². The molecular weight excluding hydrogens is 202 g/mol. The van der Waals surface area contributed by atoms with Crippen molar-refractivity contribution in [3.63, 3.8) is 0 Å². The van der Waals surface area contributed by atoms with Gasteiger partial charge in [-0.1, -0.05) is 20.3 Å². The van der Waals surface area contributed by atoms with Gasteiger partial charge in [-0.05, 0) is 42.2 Å². The van der Waals surface area contributed by atoms with Crippen LogP contribution in [0, 0.1) is 12.3 Å². The topological polar surface area (TPSA) is 12.0 Å². The molecule has 0 aromatic carbocycles. The second kappa shape index (κ2) is 4.26. The molecule has 1 aliphatic carbocycles. The van der Waals surface area contributed by atoms with Gasteiger partial charge in [-0.15, -0.1) is 11.3 Å². The molecule has 2 rings (SSSR count). The minimum absolute atomic E-state index is 0.491. The molecule has 1 saturated carbocycles. The van der Waals surface area contributed by atoms with E-state index in [0.29, 0.717) is 11.5 Å². The first-order valence-corrected chi connectivity index (χ1v) is 6.74. The van der Waals surface area contributed by atoms with E-state index >= 15 is 0 Å². The zero-order valence-corrected chi connectivity index (χ0v) is 10.8. The Morgan fingerprint density at radius 3 is 2.87 bits per heavy atom. The predicted molar refractivity (Wildman–Crippen MR) is 67.3 cm³/mol. The SMILES string of the molecule is Cc1ccsc1CNC1CCCC1(C)C. The monoisotopic (exact) mass is 223 g/mol. The van der Waals surface area contributed by atoms with Crippen LogP contribution in [0.2, 0.25) is 0 Å². The fourth-order valence-electron chi connectivity index (χ4n) is 2.51. The Kier molecular flexibility index (Phi) is 3.17. The fraction of sp³-hybridized carbons (Fsp3) is 0.692. The lowest BCUT2D eigenvalue weighted by atomic mass is 9.87. The van der Waals surface area contributed by atoms with Crippen LogP contribution in [0.5, 0.6) is 0 Å². The third-order valence-electron chi connectivity index (χ3n) is 3.73. The summed E-state index contributed by atoms with van der Waals surface area (Å²) in [6.07, 6.45) is 4.10. The molecule has 2 heteroatoms. The van der Waals surface area contributed by atoms with Gasteiger partial charge in [0, 0.05) is 17.5 Å². The smallest absolute Gasteiger partial charge is 0.0305 e. The summed E-state index contributed by atoms with van der Waals surface area (Å²) < 4.78 is 0. The van der Waals surface area contributed by atoms with E-state index in [4.69, 9.17) is 0 Å². The maximum absolute atomic E-state index is 3.73. The Labute approximate surface area is 96.9 Å². The van der Waals surface area contributed by atoms with Gasteiger partial charge >= 0.3 is 0 Å². The number of nitrogens with one attached hydrogen (secondary N) is 1. The molecule has 1 aliphatic rings. The summed E-state index contributed by atoms with van der Waals surface area (Å²) in [5, 5.41) is 5.91. The lowest BCUT2D eigenvalue weighted by Crippen LogP contribution is -2.37. The lowest BCUT2D eigenvalue weighted by molar-refractivity contribution is 0.283. The number of hydrogen-bond acceptors (Lipinski definition) is 2. The molecule has 1 aromatic rings. The zero-order valence-electron chi connectivity index (χ0n) is 9.97. The highest BCUT2D eigenvalue weighted by molar-refractivity contribution is 7.10. The fourth-order valence-corrected chi connectivity index (χ4v) is 3.36. The quantitative estimate of drug-likeness (QED) is 0.823. The standard InChI is InChI=1S/C13H21NS/c1-10-6-8-15-11(10)9-14-12-5-4-7-13(12,2)3/h6,8,12,14H,4-5,7,9H2,1-3H3. The van der Waals surface area contributed by atoms with E-state index < -0.39 is 0 Å². The number of aryl methyl sites for hydroxylation is 1. The number of rotatable bonds is 3. The van der Waals surface area contributed by atoms with Crippen LogP contribution < -0.4 is 5.32 Å². The Hall–Kier alpha value is -0.340. The largest absolute Gasteiger partial charge is 0.309 e. The van der Waals surface area contributed by atoms with Gasteiger partial charge in [0.25, 0.3) is 0 Å². The molecule has 15 heavy (non-hydrogen) atoms. The van der Waals surface area contributed by atoms with E-state index in [0.717, 1.165) is 6.54 Å². The van der Waals surface area contributed by atoms with Gasteiger partial charge in [-0.3, -0.25) is 0 Å². The van der Waals surface area contributed by atoms with Crippen LogP contribution in [0.1, 0.15) is 43.6 Å². The molecule has 1 heterocycles. The molecule has 0 spiro atoms. The van der Waals surface area contributed by atoms with Crippen molar-refractivity contribution in [3.8, 4) is 0 Å². The minimum Gasteiger partial charge on any atom is -0.309 e. The van der Waals surface area contributed by atoms with Gasteiger partial charge < -0.3 is 5.32 Å². The van der Waals surface area contributed by atoms with Gasteiger partial charge in [0.05, 0.1) is 0 Å². The van der Waals surface area contributed by atoms with E-state index in [1.807, 2.05) is 11.3 Å². The van der Waals surface area contributed by atoms with Crippen LogP contribution >= 0.6 is 11.3 Å². The maximum Gasteiger partial charge on any atom is 0.0305 e. The highest BCUT2D eigenvalue weighted by Crippen LogP contribution is 2.37. The van der Waals surface area contributed by atoms with Crippen molar-refractivity contribution in [2.24, 2.45) is 5.41 Å². The van der Waals surface area contributed by atoms with E-state index in [1.165, 1.54) is 29.7 Å². The van der Waals surface area contributed by atoms with E-state index in [9.17, 15) is 0 Å². The lowest BCUT2D eigenvalue weighted by Gasteiger charge is -2.27. The normalized spacial score (nSPS) is 24.6. The summed E-state index contributed by atoms with van der Waals surface area (Å²) in [6, 6.07) is 2.92. The van der Waals surface area contributed by atoms with Crippen molar-refractivity contribution in [2.75, 3.05) is 0 Å². The first-order chi connectivity index (χ1) is 7.09. The summed E-state index contributed by atoms with van der Waals surface area (Å²) in [5.41, 5.74) is 1.92. The van der Waals surface area contributed by atoms with Crippen molar-refractivity contribution in [3.05, 3.63) is 21.9 Å². The molecule has 0 saturated heterocycles. The maximum atomic E-state index is 3.73. The predicted octanol–water partition coefficient (Wildman–Crippen LogP) is 3.72. The molecular formula is C13H21NS. The van der Waals surface area contributed by atoms with Gasteiger partial charge in [-0.2, -0.15) is 0 Å². The molecule has 1 nitrogen and oxygen atoms in total. The highest BCUT2D eigenvalue weighted by Gasteiger charge is 2.33. The van der Waals surface area contributed by atoms with Gasteiger partial charge in [-0.25, -0.2) is 0 Å². The molecule has 0 aliphatic heterocycles. The number of thiophene rings is 1. The molecule has 1 unspecified atom stereocenters. The summed E-state index contributed by atoms with van der Waals surface area (Å²) in [7, 11) is 0. The first kappa shape index (κ1) is 11.2. The van der Waals surface area contributed by atoms with Crippen LogP contribution in [0.25, 0.3) is 0 Å². The first-order valence-electron chi connectivity index (χ1n) is 5.86. The third-order valence-corrected chi connectivity index (χ3v) is 4.76. The average molecular weight is 223 g/mol. The van der Waals surface area contributed by atoms with Crippen LogP contribution in [0.3, 0.4) is 0 Å². The molecule has 1 aromatic heterocycles. The van der Waals surface area contributed by atoms with Crippen LogP contribution in [-0.4, -0.2) is 6.04 Å². The van der Waals surface area contributed by atoms with Crippen LogP contribution in [0.4, 0.5) is 0 Å². The van der Waals surface area contributed by atoms with Crippen molar-refractivity contribution in [1.29, 1.82) is 0 Å². The molecule has 0 amide bonds. The van der Waals surface area contributed by atoms with E-state index in [1.54, 1.807) is 0 Å². The summed E-state index contributed by atoms with van der Waals surface area (Å²) in [6.45, 7) is 8.03. The van der Waals surface area contributed by atoms with Crippen molar-refractivity contribution in [2.45, 2.75) is 52.6 Å². The third kappa shape index (κ3) is 2.43. The Morgan fingerprint density at radius 2 is 2.33 bits per heavy atom. The molecule has 0 bridgehead atoms.